The number of carboxylic acids is 2. The van der Waals surface area contributed by atoms with Gasteiger partial charge < -0.3 is 10.2 Å². The molecule has 0 fully saturated rings. The third-order valence-corrected chi connectivity index (χ3v) is 0.183. The van der Waals surface area contributed by atoms with Crippen molar-refractivity contribution in [2.24, 2.45) is 0 Å². The van der Waals surface area contributed by atoms with E-state index in [1.165, 1.54) is 0 Å². The fourth-order valence-electron chi connectivity index (χ4n) is 0. The second-order valence-corrected chi connectivity index (χ2v) is 0.610. The smallest absolute Gasteiger partial charge is 0.414 e. The van der Waals surface area contributed by atoms with Crippen LogP contribution in [0.2, 0.25) is 0 Å². The summed E-state index contributed by atoms with van der Waals surface area (Å²) in [5.41, 5.74) is 0. The third kappa shape index (κ3) is 9.95. The third-order valence-electron chi connectivity index (χ3n) is 0.183. The predicted molar refractivity (Wildman–Crippen MR) is 21.0 cm³/mol. The summed E-state index contributed by atoms with van der Waals surface area (Å²) in [4.78, 5) is 18.2. The largest absolute Gasteiger partial charge is 0.473 e. The minimum atomic E-state index is -1.82. The summed E-state index contributed by atoms with van der Waals surface area (Å²) < 4.78 is 0. The van der Waals surface area contributed by atoms with Crippen LogP contribution in [0.25, 0.3) is 0 Å². The van der Waals surface area contributed by atoms with Gasteiger partial charge in [0.1, 0.15) is 0 Å². The molecule has 0 atom stereocenters. The van der Waals surface area contributed by atoms with Crippen molar-refractivity contribution >= 4 is 41.5 Å². The molecule has 0 aromatic carbocycles. The summed E-state index contributed by atoms with van der Waals surface area (Å²) in [7, 11) is 0. The average Bonchev–Trinajstić information content (AvgIpc) is 1.36. The molecule has 4 nitrogen and oxygen atoms in total. The van der Waals surface area contributed by atoms with Gasteiger partial charge in [-0.1, -0.05) is 0 Å². The summed E-state index contributed by atoms with van der Waals surface area (Å²) in [5.74, 6) is -3.65. The van der Waals surface area contributed by atoms with Gasteiger partial charge in [0.25, 0.3) is 0 Å². The fourth-order valence-corrected chi connectivity index (χ4v) is 0. The van der Waals surface area contributed by atoms with Crippen molar-refractivity contribution in [3.63, 3.8) is 0 Å². The van der Waals surface area contributed by atoms with E-state index in [-0.39, 0.29) is 55.8 Å². The summed E-state index contributed by atoms with van der Waals surface area (Å²) in [6.07, 6.45) is 0. The van der Waals surface area contributed by atoms with E-state index in [2.05, 4.69) is 0 Å². The van der Waals surface area contributed by atoms with Crippen LogP contribution < -0.4 is 0 Å². The molecule has 8 heavy (non-hydrogen) atoms. The van der Waals surface area contributed by atoms with Gasteiger partial charge in [0, 0.05) is 55.8 Å². The molecule has 0 saturated carbocycles. The number of hydrogen-bond acceptors (Lipinski definition) is 2. The Morgan fingerprint density at radius 3 is 1.12 bits per heavy atom. The quantitative estimate of drug-likeness (QED) is 0.383. The molecule has 0 spiro atoms. The average molecular weight is 204 g/mol. The Labute approximate surface area is 86.7 Å². The molecule has 39 valence electrons. The van der Waals surface area contributed by atoms with Crippen LogP contribution in [0.1, 0.15) is 0 Å². The second kappa shape index (κ2) is 7.82. The van der Waals surface area contributed by atoms with Gasteiger partial charge in [-0.3, -0.25) is 0 Å². The first-order valence-electron chi connectivity index (χ1n) is 1.11. The van der Waals surface area contributed by atoms with Gasteiger partial charge in [0.15, 0.2) is 0 Å². The molecule has 0 bridgehead atoms. The second-order valence-electron chi connectivity index (χ2n) is 0.610. The van der Waals surface area contributed by atoms with E-state index in [1.54, 1.807) is 0 Å². The van der Waals surface area contributed by atoms with E-state index < -0.39 is 11.9 Å². The molecule has 0 aromatic heterocycles. The van der Waals surface area contributed by atoms with Crippen LogP contribution in [0.15, 0.2) is 0 Å². The maximum Gasteiger partial charge on any atom is 0.414 e. The maximum atomic E-state index is 9.10. The van der Waals surface area contributed by atoms with Crippen LogP contribution in [0.3, 0.4) is 0 Å². The summed E-state index contributed by atoms with van der Waals surface area (Å²) in [5, 5.41) is 14.8. The molecule has 0 aliphatic heterocycles. The van der Waals surface area contributed by atoms with Crippen LogP contribution in [0.4, 0.5) is 0 Å². The molecule has 0 heterocycles. The zero-order chi connectivity index (χ0) is 5.15. The van der Waals surface area contributed by atoms with Crippen molar-refractivity contribution in [3.05, 3.63) is 0 Å². The monoisotopic (exact) mass is 203 g/mol. The molecular formula is C2H2NaO4Zr. The first-order chi connectivity index (χ1) is 2.64. The van der Waals surface area contributed by atoms with Gasteiger partial charge >= 0.3 is 11.9 Å². The van der Waals surface area contributed by atoms with Crippen molar-refractivity contribution in [2.75, 3.05) is 0 Å². The van der Waals surface area contributed by atoms with Gasteiger partial charge in [-0.15, -0.1) is 0 Å². The minimum Gasteiger partial charge on any atom is -0.473 e. The van der Waals surface area contributed by atoms with Crippen LogP contribution in [-0.4, -0.2) is 51.7 Å². The van der Waals surface area contributed by atoms with Gasteiger partial charge in [-0.05, 0) is 0 Å². The maximum absolute atomic E-state index is 9.10. The zero-order valence-corrected chi connectivity index (χ0v) is 8.67. The number of carboxylic acid groups (broad SMARTS) is 2. The van der Waals surface area contributed by atoms with Gasteiger partial charge in [-0.2, -0.15) is 0 Å². The Kier molecular flexibility index (Phi) is 15.6. The molecule has 2 N–H and O–H groups in total. The van der Waals surface area contributed by atoms with Crippen molar-refractivity contribution in [1.82, 2.24) is 0 Å². The number of aliphatic carboxylic acids is 2. The van der Waals surface area contributed by atoms with E-state index in [9.17, 15) is 0 Å². The number of carbonyl (C=O) groups is 2. The number of rotatable bonds is 0. The van der Waals surface area contributed by atoms with Gasteiger partial charge in [0.05, 0.1) is 0 Å². The van der Waals surface area contributed by atoms with Crippen LogP contribution in [0.5, 0.6) is 0 Å². The predicted octanol–water partition coefficient (Wildman–Crippen LogP) is -1.23. The van der Waals surface area contributed by atoms with Crippen molar-refractivity contribution in [1.29, 1.82) is 0 Å². The van der Waals surface area contributed by atoms with E-state index in [1.807, 2.05) is 0 Å². The molecule has 1 radical (unpaired) electrons. The Morgan fingerprint density at radius 1 is 1.00 bits per heavy atom. The zero-order valence-electron chi connectivity index (χ0n) is 4.21. The normalized spacial score (nSPS) is 5.50. The molecule has 0 saturated heterocycles. The summed E-state index contributed by atoms with van der Waals surface area (Å²) >= 11 is 0. The van der Waals surface area contributed by atoms with Crippen LogP contribution >= 0.6 is 0 Å². The van der Waals surface area contributed by atoms with Crippen LogP contribution in [-0.2, 0) is 35.8 Å². The number of hydrogen-bond donors (Lipinski definition) is 2. The summed E-state index contributed by atoms with van der Waals surface area (Å²) in [6, 6.07) is 0. The van der Waals surface area contributed by atoms with Crippen LogP contribution in [0, 0.1) is 0 Å². The minimum absolute atomic E-state index is 0. The van der Waals surface area contributed by atoms with E-state index in [4.69, 9.17) is 19.8 Å². The fraction of sp³-hybridized carbons (Fsp3) is 0. The first-order valence-corrected chi connectivity index (χ1v) is 1.11. The summed E-state index contributed by atoms with van der Waals surface area (Å²) in [6.45, 7) is 0. The molecule has 0 aromatic rings. The molecule has 0 amide bonds. The molecule has 0 rings (SSSR count). The van der Waals surface area contributed by atoms with Gasteiger partial charge in [0.2, 0.25) is 0 Å². The Balaban J connectivity index is -0.000000125. The standard InChI is InChI=1S/C2H2O4.Na.Zr/c3-1(4)2(5)6;;/h(H,3,4)(H,5,6);;. The molecule has 0 aliphatic carbocycles. The topological polar surface area (TPSA) is 74.6 Å². The van der Waals surface area contributed by atoms with Crippen molar-refractivity contribution in [2.45, 2.75) is 0 Å². The van der Waals surface area contributed by atoms with E-state index in [0.717, 1.165) is 0 Å². The van der Waals surface area contributed by atoms with E-state index >= 15 is 0 Å². The van der Waals surface area contributed by atoms with Crippen molar-refractivity contribution in [3.8, 4) is 0 Å². The Bertz CT molecular complexity index is 80.0. The molecule has 0 aliphatic rings. The Morgan fingerprint density at radius 2 is 1.12 bits per heavy atom. The van der Waals surface area contributed by atoms with E-state index in [0.29, 0.717) is 0 Å². The first kappa shape index (κ1) is 15.9. The SMILES string of the molecule is O=C(O)C(=O)O.[Na].[Zr]. The molecular weight excluding hydrogens is 202 g/mol. The molecule has 0 unspecified atom stereocenters. The van der Waals surface area contributed by atoms with Crippen molar-refractivity contribution < 1.29 is 46.0 Å². The Hall–Kier alpha value is 0.823. The molecule has 6 heteroatoms. The van der Waals surface area contributed by atoms with Gasteiger partial charge in [-0.25, -0.2) is 9.59 Å².